The minimum Gasteiger partial charge on any atom is -1.00 e. The number of halogens is 4. The first-order chi connectivity index (χ1) is 4.50. The van der Waals surface area contributed by atoms with Crippen LogP contribution in [0, 0.1) is 0 Å². The Morgan fingerprint density at radius 2 is 2.00 bits per heavy atom. The van der Waals surface area contributed by atoms with E-state index in [9.17, 15) is 13.2 Å². The summed E-state index contributed by atoms with van der Waals surface area (Å²) >= 11 is 0. The fraction of sp³-hybridized carbons (Fsp3) is 0.400. The molecular weight excluding hydrogens is 272 g/mol. The van der Waals surface area contributed by atoms with Crippen molar-refractivity contribution in [3.8, 4) is 0 Å². The van der Waals surface area contributed by atoms with Crippen LogP contribution in [0.5, 0.6) is 0 Å². The number of hydrogen-bond donors (Lipinski definition) is 1. The van der Waals surface area contributed by atoms with Crippen molar-refractivity contribution in [2.75, 3.05) is 7.05 Å². The number of nitrogens with zero attached hydrogens (tertiary/aromatic N) is 1. The van der Waals surface area contributed by atoms with E-state index < -0.39 is 11.9 Å². The molecule has 0 aromatic carbocycles. The first-order valence-corrected chi connectivity index (χ1v) is 2.67. The van der Waals surface area contributed by atoms with Crippen LogP contribution < -0.4 is 29.0 Å². The Hall–Kier alpha value is -0.110. The Labute approximate surface area is 78.8 Å². The summed E-state index contributed by atoms with van der Waals surface area (Å²) in [4.78, 5) is 0. The highest BCUT2D eigenvalue weighted by Gasteiger charge is 2.38. The van der Waals surface area contributed by atoms with E-state index in [1.165, 1.54) is 13.2 Å². The van der Waals surface area contributed by atoms with E-state index in [0.29, 0.717) is 5.01 Å². The summed E-state index contributed by atoms with van der Waals surface area (Å²) in [6.07, 6.45) is -1.99. The van der Waals surface area contributed by atoms with E-state index in [1.54, 1.807) is 0 Å². The van der Waals surface area contributed by atoms with Crippen LogP contribution in [0.25, 0.3) is 0 Å². The lowest BCUT2D eigenvalue weighted by molar-refractivity contribution is -0.829. The molecule has 11 heavy (non-hydrogen) atoms. The number of nitrogens with one attached hydrogen (secondary N) is 1. The van der Waals surface area contributed by atoms with Crippen LogP contribution in [0.1, 0.15) is 0 Å². The van der Waals surface area contributed by atoms with Crippen LogP contribution in [0.2, 0.25) is 0 Å². The van der Waals surface area contributed by atoms with Gasteiger partial charge in [-0.1, -0.05) is 5.10 Å². The SMILES string of the molecule is C[NH+]1C=CC(C(F)(F)F)=N1.[I-]. The molecule has 0 aliphatic carbocycles. The van der Waals surface area contributed by atoms with Crippen molar-refractivity contribution < 1.29 is 42.2 Å². The molecule has 0 spiro atoms. The number of hydrogen-bond acceptors (Lipinski definition) is 1. The van der Waals surface area contributed by atoms with Crippen LogP contribution in [-0.2, 0) is 0 Å². The second-order valence-electron chi connectivity index (χ2n) is 1.97. The zero-order chi connectivity index (χ0) is 7.78. The molecule has 6 heteroatoms. The van der Waals surface area contributed by atoms with Gasteiger partial charge in [0.05, 0.1) is 7.05 Å². The lowest BCUT2D eigenvalue weighted by Gasteiger charge is -1.99. The van der Waals surface area contributed by atoms with E-state index >= 15 is 0 Å². The molecule has 0 amide bonds. The number of quaternary nitrogens is 1. The van der Waals surface area contributed by atoms with Crippen molar-refractivity contribution in [2.45, 2.75) is 6.18 Å². The Bertz CT molecular complexity index is 196. The van der Waals surface area contributed by atoms with Crippen molar-refractivity contribution in [2.24, 2.45) is 5.10 Å². The van der Waals surface area contributed by atoms with E-state index in [1.807, 2.05) is 0 Å². The molecule has 0 fully saturated rings. The van der Waals surface area contributed by atoms with Gasteiger partial charge in [-0.15, -0.1) is 0 Å². The first kappa shape index (κ1) is 10.9. The van der Waals surface area contributed by atoms with Crippen molar-refractivity contribution in [3.05, 3.63) is 12.3 Å². The number of allylic oxidation sites excluding steroid dienone is 1. The van der Waals surface area contributed by atoms with Crippen LogP contribution in [0.3, 0.4) is 0 Å². The highest BCUT2D eigenvalue weighted by Crippen LogP contribution is 2.17. The molecular formula is C5H6F3IN2. The normalized spacial score (nSPS) is 22.9. The molecule has 1 heterocycles. The standard InChI is InChI=1S/C5H5F3N2.HI/c1-10-3-2-4(9-10)5(6,7)8;/h2-3H,1H3;1H. The molecule has 0 saturated carbocycles. The monoisotopic (exact) mass is 278 g/mol. The third-order valence-corrected chi connectivity index (χ3v) is 1.07. The average Bonchev–Trinajstić information content (AvgIpc) is 2.11. The van der Waals surface area contributed by atoms with E-state index in [2.05, 4.69) is 5.10 Å². The topological polar surface area (TPSA) is 16.8 Å². The van der Waals surface area contributed by atoms with Crippen molar-refractivity contribution >= 4 is 5.71 Å². The molecule has 2 nitrogen and oxygen atoms in total. The average molecular weight is 278 g/mol. The molecule has 0 bridgehead atoms. The Kier molecular flexibility index (Phi) is 3.49. The van der Waals surface area contributed by atoms with E-state index in [-0.39, 0.29) is 24.0 Å². The lowest BCUT2D eigenvalue weighted by atomic mass is 10.4. The summed E-state index contributed by atoms with van der Waals surface area (Å²) in [6.45, 7) is 0. The molecule has 64 valence electrons. The summed E-state index contributed by atoms with van der Waals surface area (Å²) in [5.41, 5.74) is -0.815. The summed E-state index contributed by atoms with van der Waals surface area (Å²) in [6, 6.07) is 0. The number of rotatable bonds is 0. The van der Waals surface area contributed by atoms with Crippen LogP contribution >= 0.6 is 0 Å². The molecule has 0 aromatic rings. The predicted octanol–water partition coefficient (Wildman–Crippen LogP) is -3.05. The van der Waals surface area contributed by atoms with Gasteiger partial charge in [0.15, 0.2) is 0 Å². The highest BCUT2D eigenvalue weighted by molar-refractivity contribution is 5.99. The van der Waals surface area contributed by atoms with E-state index in [0.717, 1.165) is 6.08 Å². The fourth-order valence-corrected chi connectivity index (χ4v) is 0.622. The zero-order valence-corrected chi connectivity index (χ0v) is 7.77. The third kappa shape index (κ3) is 2.78. The molecule has 1 unspecified atom stereocenters. The smallest absolute Gasteiger partial charge is 0.438 e. The highest BCUT2D eigenvalue weighted by atomic mass is 127. The van der Waals surface area contributed by atoms with Gasteiger partial charge in [0.25, 0.3) is 0 Å². The molecule has 1 rings (SSSR count). The minimum atomic E-state index is -4.30. The van der Waals surface area contributed by atoms with Gasteiger partial charge in [0, 0.05) is 6.08 Å². The molecule has 0 saturated heterocycles. The Morgan fingerprint density at radius 3 is 2.18 bits per heavy atom. The van der Waals surface area contributed by atoms with Crippen molar-refractivity contribution in [1.29, 1.82) is 0 Å². The molecule has 0 aromatic heterocycles. The van der Waals surface area contributed by atoms with Crippen LogP contribution in [-0.4, -0.2) is 18.9 Å². The first-order valence-electron chi connectivity index (χ1n) is 2.67. The lowest BCUT2D eigenvalue weighted by Crippen LogP contribution is -3.00. The molecule has 1 aliphatic heterocycles. The second kappa shape index (κ2) is 3.53. The third-order valence-electron chi connectivity index (χ3n) is 1.07. The maximum atomic E-state index is 11.7. The Balaban J connectivity index is 0.000001000. The summed E-state index contributed by atoms with van der Waals surface area (Å²) < 4.78 is 35.2. The maximum absolute atomic E-state index is 11.7. The predicted molar refractivity (Wildman–Crippen MR) is 29.5 cm³/mol. The van der Waals surface area contributed by atoms with Gasteiger partial charge in [-0.2, -0.15) is 18.2 Å². The second-order valence-corrected chi connectivity index (χ2v) is 1.97. The van der Waals surface area contributed by atoms with Crippen LogP contribution in [0.15, 0.2) is 17.4 Å². The van der Waals surface area contributed by atoms with Gasteiger partial charge in [0.1, 0.15) is 6.20 Å². The molecule has 1 N–H and O–H groups in total. The quantitative estimate of drug-likeness (QED) is 0.454. The van der Waals surface area contributed by atoms with Crippen LogP contribution in [0.4, 0.5) is 13.2 Å². The molecule has 1 atom stereocenters. The molecule has 0 radical (unpaired) electrons. The summed E-state index contributed by atoms with van der Waals surface area (Å²) in [7, 11) is 1.52. The van der Waals surface area contributed by atoms with Crippen molar-refractivity contribution in [3.63, 3.8) is 0 Å². The fourth-order valence-electron chi connectivity index (χ4n) is 0.622. The van der Waals surface area contributed by atoms with Gasteiger partial charge >= 0.3 is 6.18 Å². The minimum absolute atomic E-state index is 0. The summed E-state index contributed by atoms with van der Waals surface area (Å²) in [5.74, 6) is 0. The number of alkyl halides is 3. The maximum Gasteiger partial charge on any atom is 0.438 e. The molecule has 1 aliphatic rings. The van der Waals surface area contributed by atoms with Crippen molar-refractivity contribution in [1.82, 2.24) is 0 Å². The summed E-state index contributed by atoms with van der Waals surface area (Å²) in [5, 5.41) is 3.65. The van der Waals surface area contributed by atoms with Gasteiger partial charge in [-0.25, -0.2) is 0 Å². The van der Waals surface area contributed by atoms with Gasteiger partial charge in [-0.05, 0) is 0 Å². The Morgan fingerprint density at radius 1 is 1.45 bits per heavy atom. The van der Waals surface area contributed by atoms with Gasteiger partial charge in [0.2, 0.25) is 5.71 Å². The zero-order valence-electron chi connectivity index (χ0n) is 5.61. The van der Waals surface area contributed by atoms with Gasteiger partial charge in [-0.3, -0.25) is 0 Å². The largest absolute Gasteiger partial charge is 1.00 e. The van der Waals surface area contributed by atoms with E-state index in [4.69, 9.17) is 0 Å². The van der Waals surface area contributed by atoms with Gasteiger partial charge < -0.3 is 24.0 Å².